The first-order chi connectivity index (χ1) is 10.2. The number of ether oxygens (including phenoxy) is 1. The number of nitrogens with one attached hydrogen (secondary N) is 1. The summed E-state index contributed by atoms with van der Waals surface area (Å²) in [6, 6.07) is 2.58. The number of aromatic nitrogens is 2. The summed E-state index contributed by atoms with van der Waals surface area (Å²) >= 11 is 1.76. The molecule has 0 aliphatic carbocycles. The third kappa shape index (κ3) is 2.19. The summed E-state index contributed by atoms with van der Waals surface area (Å²) in [6.45, 7) is 5.33. The van der Waals surface area contributed by atoms with Crippen LogP contribution < -0.4 is 5.32 Å². The second-order valence-corrected chi connectivity index (χ2v) is 6.88. The summed E-state index contributed by atoms with van der Waals surface area (Å²) in [5, 5.41) is 12.9. The molecule has 5 heteroatoms. The van der Waals surface area contributed by atoms with Crippen molar-refractivity contribution in [1.82, 2.24) is 9.78 Å². The van der Waals surface area contributed by atoms with Crippen LogP contribution in [0.1, 0.15) is 55.2 Å². The van der Waals surface area contributed by atoms with Crippen LogP contribution in [0.25, 0.3) is 0 Å². The minimum absolute atomic E-state index is 0.169. The molecule has 4 nitrogen and oxygen atoms in total. The molecule has 1 fully saturated rings. The van der Waals surface area contributed by atoms with Crippen LogP contribution in [0.3, 0.4) is 0 Å². The first-order valence-electron chi connectivity index (χ1n) is 7.74. The average Bonchev–Trinajstić information content (AvgIpc) is 3.19. The number of fused-ring (bicyclic) bond motifs is 1. The Morgan fingerprint density at radius 1 is 1.38 bits per heavy atom. The lowest BCUT2D eigenvalue weighted by Crippen LogP contribution is -2.24. The second kappa shape index (κ2) is 5.14. The van der Waals surface area contributed by atoms with Gasteiger partial charge in [0.15, 0.2) is 0 Å². The molecule has 1 N–H and O–H groups in total. The molecule has 2 aromatic rings. The zero-order valence-electron chi connectivity index (χ0n) is 12.5. The number of hydrogen-bond donors (Lipinski definition) is 1. The van der Waals surface area contributed by atoms with E-state index >= 15 is 0 Å². The molecule has 2 aliphatic heterocycles. The molecule has 2 aromatic heterocycles. The van der Waals surface area contributed by atoms with Gasteiger partial charge in [0.1, 0.15) is 11.9 Å². The lowest BCUT2D eigenvalue weighted by atomic mass is 10.1. The monoisotopic (exact) mass is 303 g/mol. The van der Waals surface area contributed by atoms with E-state index in [1.165, 1.54) is 16.9 Å². The van der Waals surface area contributed by atoms with Crippen LogP contribution in [-0.4, -0.2) is 22.4 Å². The molecular weight excluding hydrogens is 282 g/mol. The van der Waals surface area contributed by atoms with Gasteiger partial charge in [-0.25, -0.2) is 4.68 Å². The molecule has 0 amide bonds. The van der Waals surface area contributed by atoms with E-state index in [9.17, 15) is 0 Å². The van der Waals surface area contributed by atoms with E-state index in [0.29, 0.717) is 12.1 Å². The van der Waals surface area contributed by atoms with E-state index in [2.05, 4.69) is 40.7 Å². The standard InChI is InChI=1S/C16H21N3OS/c1-10-3-4-14(20-10)15-11(2)16-17-7-5-13(19(16)18-15)12-6-8-21-9-12/h6,8-10,13-14,17H,3-5,7H2,1-2H3. The van der Waals surface area contributed by atoms with Crippen molar-refractivity contribution in [2.75, 3.05) is 11.9 Å². The fraction of sp³-hybridized carbons (Fsp3) is 0.562. The van der Waals surface area contributed by atoms with Crippen LogP contribution in [0.4, 0.5) is 5.82 Å². The maximum Gasteiger partial charge on any atom is 0.128 e. The lowest BCUT2D eigenvalue weighted by molar-refractivity contribution is 0.0522. The van der Waals surface area contributed by atoms with E-state index in [4.69, 9.17) is 9.84 Å². The predicted octanol–water partition coefficient (Wildman–Crippen LogP) is 3.90. The van der Waals surface area contributed by atoms with Gasteiger partial charge >= 0.3 is 0 Å². The Morgan fingerprint density at radius 3 is 3.00 bits per heavy atom. The summed E-state index contributed by atoms with van der Waals surface area (Å²) in [6.07, 6.45) is 3.83. The lowest BCUT2D eigenvalue weighted by Gasteiger charge is -2.25. The summed E-state index contributed by atoms with van der Waals surface area (Å²) in [4.78, 5) is 0. The highest BCUT2D eigenvalue weighted by Gasteiger charge is 2.32. The molecule has 0 spiro atoms. The molecule has 0 saturated carbocycles. The first-order valence-corrected chi connectivity index (χ1v) is 8.68. The Balaban J connectivity index is 1.73. The van der Waals surface area contributed by atoms with Crippen molar-refractivity contribution in [2.24, 2.45) is 0 Å². The molecule has 4 heterocycles. The Bertz CT molecular complexity index is 634. The minimum Gasteiger partial charge on any atom is -0.370 e. The van der Waals surface area contributed by atoms with E-state index < -0.39 is 0 Å². The number of nitrogens with zero attached hydrogens (tertiary/aromatic N) is 2. The van der Waals surface area contributed by atoms with Crippen molar-refractivity contribution >= 4 is 17.2 Å². The van der Waals surface area contributed by atoms with Crippen LogP contribution in [0, 0.1) is 6.92 Å². The maximum absolute atomic E-state index is 6.03. The molecule has 3 unspecified atom stereocenters. The first kappa shape index (κ1) is 13.3. The SMILES string of the molecule is Cc1c(C2CCC(C)O2)nn2c1NCCC2c1ccsc1. The highest BCUT2D eigenvalue weighted by molar-refractivity contribution is 7.07. The van der Waals surface area contributed by atoms with Crippen molar-refractivity contribution in [3.05, 3.63) is 33.6 Å². The van der Waals surface area contributed by atoms with Gasteiger partial charge in [-0.3, -0.25) is 0 Å². The zero-order valence-corrected chi connectivity index (χ0v) is 13.3. The molecule has 0 bridgehead atoms. The van der Waals surface area contributed by atoms with Crippen molar-refractivity contribution in [1.29, 1.82) is 0 Å². The number of hydrogen-bond acceptors (Lipinski definition) is 4. The summed E-state index contributed by atoms with van der Waals surface area (Å²) in [7, 11) is 0. The summed E-state index contributed by atoms with van der Waals surface area (Å²) < 4.78 is 8.21. The Labute approximate surface area is 129 Å². The predicted molar refractivity (Wildman–Crippen MR) is 85.1 cm³/mol. The Kier molecular flexibility index (Phi) is 3.27. The molecule has 0 radical (unpaired) electrons. The molecule has 2 aliphatic rings. The molecule has 3 atom stereocenters. The third-order valence-corrected chi connectivity index (χ3v) is 5.36. The van der Waals surface area contributed by atoms with Crippen molar-refractivity contribution in [3.8, 4) is 0 Å². The summed E-state index contributed by atoms with van der Waals surface area (Å²) in [5.74, 6) is 1.18. The van der Waals surface area contributed by atoms with Gasteiger partial charge in [-0.15, -0.1) is 0 Å². The van der Waals surface area contributed by atoms with Crippen molar-refractivity contribution in [3.63, 3.8) is 0 Å². The highest BCUT2D eigenvalue weighted by atomic mass is 32.1. The van der Waals surface area contributed by atoms with Gasteiger partial charge in [-0.2, -0.15) is 16.4 Å². The van der Waals surface area contributed by atoms with Crippen LogP contribution >= 0.6 is 11.3 Å². The average molecular weight is 303 g/mol. The molecule has 1 saturated heterocycles. The van der Waals surface area contributed by atoms with E-state index in [1.54, 1.807) is 11.3 Å². The fourth-order valence-corrected chi connectivity index (χ4v) is 4.21. The normalized spacial score (nSPS) is 28.4. The fourth-order valence-electron chi connectivity index (χ4n) is 3.50. The Morgan fingerprint density at radius 2 is 2.29 bits per heavy atom. The molecule has 4 rings (SSSR count). The Hall–Kier alpha value is -1.33. The number of rotatable bonds is 2. The van der Waals surface area contributed by atoms with Gasteiger partial charge in [-0.1, -0.05) is 0 Å². The second-order valence-electron chi connectivity index (χ2n) is 6.10. The van der Waals surface area contributed by atoms with Crippen LogP contribution in [0.15, 0.2) is 16.8 Å². The van der Waals surface area contributed by atoms with E-state index in [0.717, 1.165) is 31.5 Å². The number of thiophene rings is 1. The van der Waals surface area contributed by atoms with Gasteiger partial charge in [0.2, 0.25) is 0 Å². The van der Waals surface area contributed by atoms with Crippen LogP contribution in [-0.2, 0) is 4.74 Å². The maximum atomic E-state index is 6.03. The van der Waals surface area contributed by atoms with Gasteiger partial charge < -0.3 is 10.1 Å². The minimum atomic E-state index is 0.169. The highest BCUT2D eigenvalue weighted by Crippen LogP contribution is 2.39. The van der Waals surface area contributed by atoms with Gasteiger partial charge in [0, 0.05) is 12.1 Å². The van der Waals surface area contributed by atoms with E-state index in [1.807, 2.05) is 0 Å². The molecular formula is C16H21N3OS. The largest absolute Gasteiger partial charge is 0.370 e. The van der Waals surface area contributed by atoms with E-state index in [-0.39, 0.29) is 6.10 Å². The van der Waals surface area contributed by atoms with Crippen LogP contribution in [0.5, 0.6) is 0 Å². The molecule has 21 heavy (non-hydrogen) atoms. The molecule has 0 aromatic carbocycles. The van der Waals surface area contributed by atoms with Crippen LogP contribution in [0.2, 0.25) is 0 Å². The zero-order chi connectivity index (χ0) is 14.4. The van der Waals surface area contributed by atoms with Crippen molar-refractivity contribution in [2.45, 2.75) is 51.4 Å². The smallest absolute Gasteiger partial charge is 0.128 e. The van der Waals surface area contributed by atoms with Gasteiger partial charge in [0.05, 0.1) is 17.8 Å². The quantitative estimate of drug-likeness (QED) is 0.914. The van der Waals surface area contributed by atoms with Gasteiger partial charge in [0.25, 0.3) is 0 Å². The van der Waals surface area contributed by atoms with Crippen molar-refractivity contribution < 1.29 is 4.74 Å². The summed E-state index contributed by atoms with van der Waals surface area (Å²) in [5.41, 5.74) is 3.76. The molecule has 112 valence electrons. The topological polar surface area (TPSA) is 39.1 Å². The third-order valence-electron chi connectivity index (χ3n) is 4.65. The van der Waals surface area contributed by atoms with Gasteiger partial charge in [-0.05, 0) is 55.5 Å². The number of anilines is 1.